The van der Waals surface area contributed by atoms with E-state index in [1.165, 1.54) is 12.8 Å². The lowest BCUT2D eigenvalue weighted by Gasteiger charge is -2.32. The molecular weight excluding hydrogens is 254 g/mol. The standard InChI is InChI=1S/C16H29NO3/c1-12(2)13(3)17(14-6-7-14)16(18)8-10-19-11-15-5-4-9-20-15/h12-15H,4-11H2,1-3H3. The summed E-state index contributed by atoms with van der Waals surface area (Å²) in [5.41, 5.74) is 0. The van der Waals surface area contributed by atoms with E-state index in [0.29, 0.717) is 37.6 Å². The number of nitrogens with zero attached hydrogens (tertiary/aromatic N) is 1. The highest BCUT2D eigenvalue weighted by molar-refractivity contribution is 5.77. The van der Waals surface area contributed by atoms with Crippen LogP contribution in [0.5, 0.6) is 0 Å². The van der Waals surface area contributed by atoms with Gasteiger partial charge in [0, 0.05) is 18.7 Å². The largest absolute Gasteiger partial charge is 0.378 e. The quantitative estimate of drug-likeness (QED) is 0.643. The summed E-state index contributed by atoms with van der Waals surface area (Å²) in [5, 5.41) is 0. The molecule has 0 bridgehead atoms. The molecule has 4 heteroatoms. The normalized spacial score (nSPS) is 24.1. The monoisotopic (exact) mass is 283 g/mol. The van der Waals surface area contributed by atoms with E-state index in [9.17, 15) is 4.79 Å². The predicted molar refractivity (Wildman–Crippen MR) is 78.6 cm³/mol. The highest BCUT2D eigenvalue weighted by atomic mass is 16.5. The third kappa shape index (κ3) is 4.45. The van der Waals surface area contributed by atoms with Crippen molar-refractivity contribution in [2.75, 3.05) is 19.8 Å². The number of carbonyl (C=O) groups excluding carboxylic acids is 1. The Bertz CT molecular complexity index is 309. The molecule has 116 valence electrons. The topological polar surface area (TPSA) is 38.8 Å². The molecule has 0 radical (unpaired) electrons. The molecule has 1 saturated heterocycles. The van der Waals surface area contributed by atoms with Gasteiger partial charge >= 0.3 is 0 Å². The summed E-state index contributed by atoms with van der Waals surface area (Å²) in [5.74, 6) is 0.758. The van der Waals surface area contributed by atoms with Gasteiger partial charge < -0.3 is 14.4 Å². The molecule has 1 heterocycles. The van der Waals surface area contributed by atoms with Crippen molar-refractivity contribution in [3.63, 3.8) is 0 Å². The van der Waals surface area contributed by atoms with Crippen LogP contribution in [-0.4, -0.2) is 48.8 Å². The first kappa shape index (κ1) is 15.8. The van der Waals surface area contributed by atoms with Gasteiger partial charge in [-0.15, -0.1) is 0 Å². The molecule has 2 atom stereocenters. The lowest BCUT2D eigenvalue weighted by atomic mass is 10.0. The van der Waals surface area contributed by atoms with Crippen LogP contribution < -0.4 is 0 Å². The van der Waals surface area contributed by atoms with Crippen LogP contribution in [0, 0.1) is 5.92 Å². The second-order valence-corrected chi connectivity index (χ2v) is 6.48. The van der Waals surface area contributed by atoms with Crippen LogP contribution in [0.4, 0.5) is 0 Å². The summed E-state index contributed by atoms with van der Waals surface area (Å²) in [6.07, 6.45) is 5.31. The Kier molecular flexibility index (Phi) is 5.85. The van der Waals surface area contributed by atoms with Crippen molar-refractivity contribution in [1.82, 2.24) is 4.90 Å². The molecule has 20 heavy (non-hydrogen) atoms. The number of ether oxygens (including phenoxy) is 2. The van der Waals surface area contributed by atoms with E-state index in [1.54, 1.807) is 0 Å². The first-order chi connectivity index (χ1) is 9.59. The van der Waals surface area contributed by atoms with Crippen LogP contribution in [0.3, 0.4) is 0 Å². The van der Waals surface area contributed by atoms with Gasteiger partial charge in [0.2, 0.25) is 5.91 Å². The van der Waals surface area contributed by atoms with Gasteiger partial charge in [-0.25, -0.2) is 0 Å². The maximum absolute atomic E-state index is 12.4. The third-order valence-corrected chi connectivity index (χ3v) is 4.42. The van der Waals surface area contributed by atoms with Crippen molar-refractivity contribution >= 4 is 5.91 Å². The maximum Gasteiger partial charge on any atom is 0.225 e. The van der Waals surface area contributed by atoms with Crippen LogP contribution >= 0.6 is 0 Å². The van der Waals surface area contributed by atoms with Gasteiger partial charge in [0.25, 0.3) is 0 Å². The van der Waals surface area contributed by atoms with E-state index in [-0.39, 0.29) is 12.0 Å². The average molecular weight is 283 g/mol. The Morgan fingerprint density at radius 3 is 2.60 bits per heavy atom. The zero-order valence-corrected chi connectivity index (χ0v) is 13.1. The van der Waals surface area contributed by atoms with Crippen molar-refractivity contribution in [3.8, 4) is 0 Å². The fourth-order valence-corrected chi connectivity index (χ4v) is 2.72. The van der Waals surface area contributed by atoms with Crippen molar-refractivity contribution < 1.29 is 14.3 Å². The predicted octanol–water partition coefficient (Wildman–Crippen LogP) is 2.61. The van der Waals surface area contributed by atoms with Gasteiger partial charge in [-0.2, -0.15) is 0 Å². The fraction of sp³-hybridized carbons (Fsp3) is 0.938. The molecule has 2 rings (SSSR count). The average Bonchev–Trinajstić information content (AvgIpc) is 3.10. The van der Waals surface area contributed by atoms with Crippen molar-refractivity contribution in [3.05, 3.63) is 0 Å². The van der Waals surface area contributed by atoms with Gasteiger partial charge in [0.1, 0.15) is 0 Å². The molecule has 0 spiro atoms. The van der Waals surface area contributed by atoms with Crippen molar-refractivity contribution in [2.24, 2.45) is 5.92 Å². The van der Waals surface area contributed by atoms with E-state index in [0.717, 1.165) is 19.4 Å². The molecule has 1 aliphatic heterocycles. The van der Waals surface area contributed by atoms with Crippen molar-refractivity contribution in [2.45, 2.75) is 71.1 Å². The molecule has 0 N–H and O–H groups in total. The lowest BCUT2D eigenvalue weighted by molar-refractivity contribution is -0.136. The van der Waals surface area contributed by atoms with Crippen LogP contribution in [0.15, 0.2) is 0 Å². The van der Waals surface area contributed by atoms with Gasteiger partial charge in [-0.05, 0) is 38.5 Å². The zero-order chi connectivity index (χ0) is 14.5. The fourth-order valence-electron chi connectivity index (χ4n) is 2.72. The van der Waals surface area contributed by atoms with Crippen LogP contribution in [0.1, 0.15) is 52.9 Å². The zero-order valence-electron chi connectivity index (χ0n) is 13.1. The number of carbonyl (C=O) groups is 1. The van der Waals surface area contributed by atoms with E-state index in [2.05, 4.69) is 25.7 Å². The second kappa shape index (κ2) is 7.41. The van der Waals surface area contributed by atoms with E-state index in [4.69, 9.17) is 9.47 Å². The Labute approximate surface area is 122 Å². The number of hydrogen-bond donors (Lipinski definition) is 0. The highest BCUT2D eigenvalue weighted by Crippen LogP contribution is 2.31. The van der Waals surface area contributed by atoms with Gasteiger partial charge in [0.15, 0.2) is 0 Å². The molecule has 1 aliphatic carbocycles. The molecule has 2 unspecified atom stereocenters. The second-order valence-electron chi connectivity index (χ2n) is 6.48. The van der Waals surface area contributed by atoms with Crippen LogP contribution in [0.2, 0.25) is 0 Å². The molecular formula is C16H29NO3. The maximum atomic E-state index is 12.4. The Balaban J connectivity index is 1.68. The first-order valence-corrected chi connectivity index (χ1v) is 8.10. The molecule has 4 nitrogen and oxygen atoms in total. The molecule has 0 aromatic carbocycles. The Morgan fingerprint density at radius 1 is 1.30 bits per heavy atom. The number of rotatable bonds is 8. The summed E-state index contributed by atoms with van der Waals surface area (Å²) in [4.78, 5) is 14.5. The SMILES string of the molecule is CC(C)C(C)N(C(=O)CCOCC1CCCO1)C1CC1. The van der Waals surface area contributed by atoms with Gasteiger partial charge in [-0.1, -0.05) is 13.8 Å². The summed E-state index contributed by atoms with van der Waals surface area (Å²) in [6, 6.07) is 0.811. The molecule has 1 amide bonds. The summed E-state index contributed by atoms with van der Waals surface area (Å²) < 4.78 is 11.1. The van der Waals surface area contributed by atoms with Crippen LogP contribution in [-0.2, 0) is 14.3 Å². The minimum Gasteiger partial charge on any atom is -0.378 e. The highest BCUT2D eigenvalue weighted by Gasteiger charge is 2.36. The molecule has 2 fully saturated rings. The van der Waals surface area contributed by atoms with E-state index in [1.807, 2.05) is 0 Å². The Hall–Kier alpha value is -0.610. The number of amides is 1. The molecule has 0 aromatic heterocycles. The first-order valence-electron chi connectivity index (χ1n) is 8.10. The minimum atomic E-state index is 0.249. The summed E-state index contributed by atoms with van der Waals surface area (Å²) in [6.45, 7) is 8.54. The smallest absolute Gasteiger partial charge is 0.225 e. The van der Waals surface area contributed by atoms with Crippen molar-refractivity contribution in [1.29, 1.82) is 0 Å². The summed E-state index contributed by atoms with van der Waals surface area (Å²) >= 11 is 0. The third-order valence-electron chi connectivity index (χ3n) is 4.42. The lowest BCUT2D eigenvalue weighted by Crippen LogP contribution is -2.43. The molecule has 0 aromatic rings. The van der Waals surface area contributed by atoms with E-state index < -0.39 is 0 Å². The van der Waals surface area contributed by atoms with Gasteiger partial charge in [-0.3, -0.25) is 4.79 Å². The van der Waals surface area contributed by atoms with E-state index >= 15 is 0 Å². The minimum absolute atomic E-state index is 0.249. The molecule has 1 saturated carbocycles. The van der Waals surface area contributed by atoms with Crippen LogP contribution in [0.25, 0.3) is 0 Å². The number of hydrogen-bond acceptors (Lipinski definition) is 3. The Morgan fingerprint density at radius 2 is 2.05 bits per heavy atom. The van der Waals surface area contributed by atoms with Gasteiger partial charge in [0.05, 0.1) is 25.7 Å². The summed E-state index contributed by atoms with van der Waals surface area (Å²) in [7, 11) is 0. The molecule has 2 aliphatic rings.